The number of rotatable bonds is 18. The van der Waals surface area contributed by atoms with Gasteiger partial charge in [0, 0.05) is 58.5 Å². The summed E-state index contributed by atoms with van der Waals surface area (Å²) in [5.41, 5.74) is 0.603. The second-order valence-electron chi connectivity index (χ2n) is 12.5. The smallest absolute Gasteiger partial charge is 0.870 e. The molecule has 304 valence electrons. The van der Waals surface area contributed by atoms with Crippen LogP contribution in [0.2, 0.25) is 0 Å². The SMILES string of the molecule is CO.COC(=O)C1CN(CCCCCNC(=O)c2cc(-c3cccs3)on2)C1.O.O=C(NCCCCCN1CC(C(=O)O)C1)c1cc(-c2cccs2)on1.[Li+].[OH-]. The Labute approximate surface area is 345 Å². The van der Waals surface area contributed by atoms with Gasteiger partial charge in [-0.1, -0.05) is 35.3 Å². The minimum Gasteiger partial charge on any atom is -0.870 e. The number of likely N-dealkylation sites (tertiary alicyclic amines) is 2. The fourth-order valence-corrected chi connectivity index (χ4v) is 7.02. The molecule has 0 radical (unpaired) electrons. The van der Waals surface area contributed by atoms with Crippen molar-refractivity contribution in [2.75, 3.05) is 66.6 Å². The molecule has 2 amide bonds. The number of methoxy groups -OCH3 is 1. The number of nitrogens with zero attached hydrogens (tertiary/aromatic N) is 4. The molecule has 6 rings (SSSR count). The quantitative estimate of drug-likeness (QED) is 0.0600. The number of amides is 2. The Morgan fingerprint density at radius 2 is 1.20 bits per heavy atom. The van der Waals surface area contributed by atoms with E-state index >= 15 is 0 Å². The van der Waals surface area contributed by atoms with Gasteiger partial charge in [-0.3, -0.25) is 19.2 Å². The standard InChI is InChI=1S/C18H23N3O4S.C17H21N3O4S.CH4O.Li.2H2O/c1-24-18(23)13-11-21(12-13)8-4-2-3-7-19-17(22)14-10-15(25-20-14)16-6-5-9-26-16;21-16(13-9-14(24-19-13)15-5-4-8-25-15)18-6-2-1-3-7-20-10-12(11-20)17(22)23;1-2;;;/h5-6,9-10,13H,2-4,7-8,11-12H2,1H3,(H,19,22);4-5,8-9,12H,1-3,6-7,10-11H2,(H,18,21)(H,22,23);2H,1H3;;2*1H2/q;;;+1;;/p-1. The number of hydrogen-bond acceptors (Lipinski definition) is 15. The number of ether oxygens (including phenoxy) is 1. The van der Waals surface area contributed by atoms with E-state index in [2.05, 4.69) is 30.7 Å². The number of carboxylic acid groups (broad SMARTS) is 1. The van der Waals surface area contributed by atoms with Crippen LogP contribution in [0.25, 0.3) is 21.3 Å². The number of carbonyl (C=O) groups is 4. The van der Waals surface area contributed by atoms with Crippen LogP contribution in [0.15, 0.2) is 56.2 Å². The number of unbranched alkanes of at least 4 members (excludes halogenated alkanes) is 4. The van der Waals surface area contributed by atoms with Crippen molar-refractivity contribution in [2.45, 2.75) is 38.5 Å². The van der Waals surface area contributed by atoms with Crippen LogP contribution in [-0.2, 0) is 14.3 Å². The molecule has 7 N–H and O–H groups in total. The topological polar surface area (TPSA) is 262 Å². The maximum Gasteiger partial charge on any atom is 1.00 e. The molecule has 17 nitrogen and oxygen atoms in total. The van der Waals surface area contributed by atoms with Gasteiger partial charge in [-0.15, -0.1) is 22.7 Å². The number of aliphatic hydroxyl groups is 1. The van der Waals surface area contributed by atoms with Crippen molar-refractivity contribution in [3.63, 3.8) is 0 Å². The molecular weight excluding hydrogens is 764 g/mol. The van der Waals surface area contributed by atoms with Crippen molar-refractivity contribution in [3.8, 4) is 21.3 Å². The van der Waals surface area contributed by atoms with Crippen molar-refractivity contribution in [1.82, 2.24) is 30.7 Å². The van der Waals surface area contributed by atoms with E-state index in [1.165, 1.54) is 18.4 Å². The minimum atomic E-state index is -0.700. The van der Waals surface area contributed by atoms with Crippen LogP contribution in [0.4, 0.5) is 0 Å². The fourth-order valence-electron chi connectivity index (χ4n) is 5.67. The van der Waals surface area contributed by atoms with Gasteiger partial charge in [0.25, 0.3) is 11.8 Å². The molecule has 2 saturated heterocycles. The second-order valence-corrected chi connectivity index (χ2v) is 14.4. The third kappa shape index (κ3) is 15.6. The van der Waals surface area contributed by atoms with Gasteiger partial charge in [-0.2, -0.15) is 0 Å². The molecule has 0 unspecified atom stereocenters. The predicted octanol–water partition coefficient (Wildman–Crippen LogP) is 0.339. The summed E-state index contributed by atoms with van der Waals surface area (Å²) in [6, 6.07) is 11.0. The van der Waals surface area contributed by atoms with E-state index in [-0.39, 0.29) is 59.4 Å². The third-order valence-corrected chi connectivity index (χ3v) is 10.5. The molecule has 0 aromatic carbocycles. The van der Waals surface area contributed by atoms with E-state index in [9.17, 15) is 19.2 Å². The normalized spacial score (nSPS) is 13.7. The molecular formula is C36H51LiN6O11S2. The van der Waals surface area contributed by atoms with E-state index in [4.69, 9.17) is 24.0 Å². The van der Waals surface area contributed by atoms with Gasteiger partial charge in [0.1, 0.15) is 0 Å². The maximum absolute atomic E-state index is 12.1. The Kier molecular flexibility index (Phi) is 24.0. The molecule has 0 aliphatic carbocycles. The van der Waals surface area contributed by atoms with E-state index in [0.29, 0.717) is 49.1 Å². The summed E-state index contributed by atoms with van der Waals surface area (Å²) in [5, 5.41) is 33.1. The number of aliphatic carboxylic acids is 1. The van der Waals surface area contributed by atoms with Crippen molar-refractivity contribution < 1.29 is 73.0 Å². The van der Waals surface area contributed by atoms with Crippen molar-refractivity contribution >= 4 is 46.4 Å². The van der Waals surface area contributed by atoms with Crippen LogP contribution in [0.5, 0.6) is 0 Å². The Balaban J connectivity index is 0.000000510. The summed E-state index contributed by atoms with van der Waals surface area (Å²) < 4.78 is 15.1. The summed E-state index contributed by atoms with van der Waals surface area (Å²) in [7, 11) is 2.43. The predicted molar refractivity (Wildman–Crippen MR) is 205 cm³/mol. The second kappa shape index (κ2) is 26.9. The summed E-state index contributed by atoms with van der Waals surface area (Å²) >= 11 is 3.08. The number of aromatic nitrogens is 2. The molecule has 4 aromatic heterocycles. The molecule has 2 aliphatic rings. The van der Waals surface area contributed by atoms with Crippen LogP contribution in [-0.4, -0.2) is 132 Å². The Bertz CT molecular complexity index is 1690. The van der Waals surface area contributed by atoms with Crippen molar-refractivity contribution in [1.29, 1.82) is 0 Å². The van der Waals surface area contributed by atoms with Gasteiger partial charge >= 0.3 is 30.8 Å². The number of carboxylic acids is 1. The van der Waals surface area contributed by atoms with E-state index in [1.807, 2.05) is 35.0 Å². The average molecular weight is 815 g/mol. The Morgan fingerprint density at radius 3 is 1.57 bits per heavy atom. The zero-order valence-electron chi connectivity index (χ0n) is 32.0. The molecule has 2 aliphatic heterocycles. The first-order chi connectivity index (χ1) is 25.8. The summed E-state index contributed by atoms with van der Waals surface area (Å²) in [6.45, 7) is 6.02. The number of esters is 1. The monoisotopic (exact) mass is 814 g/mol. The van der Waals surface area contributed by atoms with Crippen molar-refractivity contribution in [3.05, 3.63) is 58.5 Å². The first kappa shape index (κ1) is 50.1. The molecule has 56 heavy (non-hydrogen) atoms. The number of hydrogen-bond donors (Lipinski definition) is 4. The van der Waals surface area contributed by atoms with Gasteiger partial charge < -0.3 is 55.4 Å². The zero-order chi connectivity index (χ0) is 38.0. The third-order valence-electron chi connectivity index (χ3n) is 8.69. The van der Waals surface area contributed by atoms with E-state index in [0.717, 1.165) is 81.6 Å². The molecule has 20 heteroatoms. The van der Waals surface area contributed by atoms with Crippen LogP contribution in [0.3, 0.4) is 0 Å². The van der Waals surface area contributed by atoms with Crippen molar-refractivity contribution in [2.24, 2.45) is 11.8 Å². The van der Waals surface area contributed by atoms with Gasteiger partial charge in [0.15, 0.2) is 22.9 Å². The van der Waals surface area contributed by atoms with Gasteiger partial charge in [0.05, 0.1) is 28.7 Å². The number of nitrogens with one attached hydrogen (secondary N) is 2. The van der Waals surface area contributed by atoms with Gasteiger partial charge in [-0.05, 0) is 61.7 Å². The van der Waals surface area contributed by atoms with Crippen LogP contribution >= 0.6 is 22.7 Å². The molecule has 0 saturated carbocycles. The largest absolute Gasteiger partial charge is 1.00 e. The zero-order valence-corrected chi connectivity index (χ0v) is 33.6. The first-order valence-electron chi connectivity index (χ1n) is 17.6. The van der Waals surface area contributed by atoms with Gasteiger partial charge in [0.2, 0.25) is 0 Å². The fraction of sp³-hybridized carbons (Fsp3) is 0.500. The van der Waals surface area contributed by atoms with Crippen LogP contribution < -0.4 is 29.5 Å². The molecule has 0 bridgehead atoms. The number of aliphatic hydroxyl groups excluding tert-OH is 1. The Hall–Kier alpha value is -3.90. The molecule has 4 aromatic rings. The number of carbonyl (C=O) groups excluding carboxylic acids is 3. The molecule has 0 spiro atoms. The summed E-state index contributed by atoms with van der Waals surface area (Å²) in [6.07, 6.45) is 5.88. The number of thiophene rings is 2. The maximum atomic E-state index is 12.1. The summed E-state index contributed by atoms with van der Waals surface area (Å²) in [5.74, 6) is -0.173. The molecule has 0 atom stereocenters. The first-order valence-corrected chi connectivity index (χ1v) is 19.3. The Morgan fingerprint density at radius 1 is 0.768 bits per heavy atom. The van der Waals surface area contributed by atoms with Gasteiger partial charge in [-0.25, -0.2) is 0 Å². The molecule has 2 fully saturated rings. The van der Waals surface area contributed by atoms with Crippen LogP contribution in [0, 0.1) is 11.8 Å². The summed E-state index contributed by atoms with van der Waals surface area (Å²) in [4.78, 5) is 52.4. The van der Waals surface area contributed by atoms with Crippen LogP contribution in [0.1, 0.15) is 59.5 Å². The minimum absolute atomic E-state index is 0. The average Bonchev–Trinajstić information content (AvgIpc) is 3.96. The van der Waals surface area contributed by atoms with E-state index in [1.54, 1.807) is 23.5 Å². The molecule has 6 heterocycles. The van der Waals surface area contributed by atoms with E-state index < -0.39 is 5.97 Å².